The molecule has 0 aromatic carbocycles. The Hall–Kier alpha value is -2.12. The fraction of sp³-hybridized carbons (Fsp3) is 0.267. The van der Waals surface area contributed by atoms with E-state index < -0.39 is 0 Å². The van der Waals surface area contributed by atoms with Crippen LogP contribution in [0.4, 0.5) is 0 Å². The van der Waals surface area contributed by atoms with Gasteiger partial charge in [0.1, 0.15) is 11.4 Å². The predicted octanol–water partition coefficient (Wildman–Crippen LogP) is 3.39. The van der Waals surface area contributed by atoms with Crippen LogP contribution in [0.25, 0.3) is 12.2 Å². The lowest BCUT2D eigenvalue weighted by atomic mass is 10.2. The van der Waals surface area contributed by atoms with Crippen LogP contribution < -0.4 is 0 Å². The van der Waals surface area contributed by atoms with Crippen molar-refractivity contribution >= 4 is 12.2 Å². The molecule has 3 heteroatoms. The van der Waals surface area contributed by atoms with Crippen LogP contribution in [0.1, 0.15) is 32.2 Å². The van der Waals surface area contributed by atoms with Crippen molar-refractivity contribution in [2.24, 2.45) is 0 Å². The molecular weight excluding hydrogens is 222 g/mol. The number of aromatic nitrogens is 3. The Morgan fingerprint density at radius 1 is 1.28 bits per heavy atom. The van der Waals surface area contributed by atoms with Crippen LogP contribution in [0.3, 0.4) is 0 Å². The van der Waals surface area contributed by atoms with E-state index in [-0.39, 0.29) is 0 Å². The Bertz CT molecular complexity index is 587. The molecule has 0 aliphatic heterocycles. The van der Waals surface area contributed by atoms with E-state index in [9.17, 15) is 0 Å². The average Bonchev–Trinajstić information content (AvgIpc) is 2.56. The van der Waals surface area contributed by atoms with Crippen molar-refractivity contribution in [1.82, 2.24) is 15.0 Å². The standard InChI is InChI=1S/C15H17N3/c1-12(2)11-13(3)9-10-18-16-14-7-5-4-6-8-15(14)17-18/h4-5,7-9,11H,10H2,1-3H3/b13-9-. The van der Waals surface area contributed by atoms with Gasteiger partial charge in [0.2, 0.25) is 0 Å². The largest absolute Gasteiger partial charge is 0.180 e. The van der Waals surface area contributed by atoms with Gasteiger partial charge < -0.3 is 0 Å². The van der Waals surface area contributed by atoms with Gasteiger partial charge in [0.25, 0.3) is 0 Å². The van der Waals surface area contributed by atoms with Crippen molar-refractivity contribution in [2.45, 2.75) is 27.3 Å². The monoisotopic (exact) mass is 239 g/mol. The first-order valence-electron chi connectivity index (χ1n) is 6.01. The Balaban J connectivity index is 2.15. The molecule has 3 nitrogen and oxygen atoms in total. The summed E-state index contributed by atoms with van der Waals surface area (Å²) in [5.74, 6) is 0. The zero-order valence-corrected chi connectivity index (χ0v) is 11.0. The minimum absolute atomic E-state index is 0.688. The first-order valence-corrected chi connectivity index (χ1v) is 6.01. The molecule has 0 atom stereocenters. The van der Waals surface area contributed by atoms with Crippen molar-refractivity contribution in [2.75, 3.05) is 0 Å². The van der Waals surface area contributed by atoms with Crippen molar-refractivity contribution in [3.8, 4) is 0 Å². The van der Waals surface area contributed by atoms with Crippen LogP contribution in [0, 0.1) is 0 Å². The van der Waals surface area contributed by atoms with Gasteiger partial charge in [-0.1, -0.05) is 29.4 Å². The fourth-order valence-corrected chi connectivity index (χ4v) is 1.74. The molecule has 0 fully saturated rings. The molecule has 0 saturated carbocycles. The molecule has 1 aliphatic carbocycles. The molecule has 1 heterocycles. The summed E-state index contributed by atoms with van der Waals surface area (Å²) in [5, 5.41) is 8.84. The molecule has 1 aliphatic rings. The SMILES string of the molecule is CC(C)=C/C(C)=C\Cn1nc2c(n1)C=CC=C=C2. The second kappa shape index (κ2) is 5.48. The maximum atomic E-state index is 4.42. The summed E-state index contributed by atoms with van der Waals surface area (Å²) < 4.78 is 0. The zero-order valence-electron chi connectivity index (χ0n) is 11.0. The minimum atomic E-state index is 0.688. The van der Waals surface area contributed by atoms with Gasteiger partial charge in [0, 0.05) is 6.08 Å². The van der Waals surface area contributed by atoms with E-state index in [0.717, 1.165) is 11.4 Å². The van der Waals surface area contributed by atoms with Crippen LogP contribution in [0.5, 0.6) is 0 Å². The third-order valence-corrected chi connectivity index (χ3v) is 2.47. The summed E-state index contributed by atoms with van der Waals surface area (Å²) >= 11 is 0. The fourth-order valence-electron chi connectivity index (χ4n) is 1.74. The Kier molecular flexibility index (Phi) is 3.75. The Labute approximate surface area is 108 Å². The molecule has 0 bridgehead atoms. The molecule has 1 aromatic rings. The summed E-state index contributed by atoms with van der Waals surface area (Å²) in [4.78, 5) is 1.71. The summed E-state index contributed by atoms with van der Waals surface area (Å²) in [5.41, 5.74) is 7.32. The highest BCUT2D eigenvalue weighted by Gasteiger charge is 2.05. The second-order valence-corrected chi connectivity index (χ2v) is 4.53. The van der Waals surface area contributed by atoms with Crippen molar-refractivity contribution < 1.29 is 0 Å². The molecule has 0 saturated heterocycles. The van der Waals surface area contributed by atoms with Gasteiger partial charge >= 0.3 is 0 Å². The van der Waals surface area contributed by atoms with Gasteiger partial charge in [0.05, 0.1) is 6.54 Å². The zero-order chi connectivity index (χ0) is 13.0. The summed E-state index contributed by atoms with van der Waals surface area (Å²) in [7, 11) is 0. The molecule has 0 radical (unpaired) electrons. The third kappa shape index (κ3) is 3.19. The first kappa shape index (κ1) is 12.3. The van der Waals surface area contributed by atoms with E-state index in [1.54, 1.807) is 4.80 Å². The quantitative estimate of drug-likeness (QED) is 0.598. The van der Waals surface area contributed by atoms with Crippen molar-refractivity contribution in [3.63, 3.8) is 0 Å². The predicted molar refractivity (Wildman–Crippen MR) is 74.8 cm³/mol. The molecule has 0 spiro atoms. The van der Waals surface area contributed by atoms with Crippen LogP contribution in [-0.2, 0) is 6.54 Å². The summed E-state index contributed by atoms with van der Waals surface area (Å²) in [6.45, 7) is 6.96. The number of fused-ring (bicyclic) bond motifs is 1. The molecule has 0 amide bonds. The highest BCUT2D eigenvalue weighted by atomic mass is 15.5. The average molecular weight is 239 g/mol. The van der Waals surface area contributed by atoms with Crippen molar-refractivity contribution in [1.29, 1.82) is 0 Å². The smallest absolute Gasteiger partial charge is 0.120 e. The van der Waals surface area contributed by atoms with Gasteiger partial charge in [-0.15, -0.1) is 5.73 Å². The van der Waals surface area contributed by atoms with Crippen LogP contribution in [0.15, 0.2) is 41.2 Å². The van der Waals surface area contributed by atoms with E-state index in [1.807, 2.05) is 24.3 Å². The topological polar surface area (TPSA) is 30.7 Å². The summed E-state index contributed by atoms with van der Waals surface area (Å²) in [6.07, 6.45) is 11.8. The van der Waals surface area contributed by atoms with Gasteiger partial charge in [-0.05, 0) is 32.9 Å². The van der Waals surface area contributed by atoms with Crippen LogP contribution >= 0.6 is 0 Å². The van der Waals surface area contributed by atoms with E-state index in [1.165, 1.54) is 11.1 Å². The third-order valence-electron chi connectivity index (χ3n) is 2.47. The van der Waals surface area contributed by atoms with Crippen LogP contribution in [0.2, 0.25) is 0 Å². The number of nitrogens with zero attached hydrogens (tertiary/aromatic N) is 3. The highest BCUT2D eigenvalue weighted by molar-refractivity contribution is 5.61. The molecule has 0 unspecified atom stereocenters. The van der Waals surface area contributed by atoms with E-state index in [4.69, 9.17) is 0 Å². The Morgan fingerprint density at radius 2 is 2.06 bits per heavy atom. The van der Waals surface area contributed by atoms with Crippen LogP contribution in [-0.4, -0.2) is 15.0 Å². The lowest BCUT2D eigenvalue weighted by Gasteiger charge is -1.96. The molecule has 2 rings (SSSR count). The maximum absolute atomic E-state index is 4.42. The Morgan fingerprint density at radius 3 is 2.83 bits per heavy atom. The first-order chi connectivity index (χ1) is 8.65. The lowest BCUT2D eigenvalue weighted by Crippen LogP contribution is -2.00. The van der Waals surface area contributed by atoms with Crippen molar-refractivity contribution in [3.05, 3.63) is 52.6 Å². The van der Waals surface area contributed by atoms with E-state index in [0.29, 0.717) is 6.54 Å². The normalized spacial score (nSPS) is 13.4. The van der Waals surface area contributed by atoms with Gasteiger partial charge in [-0.3, -0.25) is 0 Å². The second-order valence-electron chi connectivity index (χ2n) is 4.53. The number of hydrogen-bond donors (Lipinski definition) is 0. The molecule has 1 aromatic heterocycles. The highest BCUT2D eigenvalue weighted by Crippen LogP contribution is 2.10. The minimum Gasteiger partial charge on any atom is -0.180 e. The van der Waals surface area contributed by atoms with Gasteiger partial charge in [-0.25, -0.2) is 0 Å². The molecule has 0 N–H and O–H groups in total. The lowest BCUT2D eigenvalue weighted by molar-refractivity contribution is 0.598. The number of rotatable bonds is 3. The van der Waals surface area contributed by atoms with E-state index >= 15 is 0 Å². The van der Waals surface area contributed by atoms with E-state index in [2.05, 4.69) is 48.9 Å². The number of allylic oxidation sites excluding steroid dienone is 6. The maximum Gasteiger partial charge on any atom is 0.120 e. The van der Waals surface area contributed by atoms with Gasteiger partial charge in [-0.2, -0.15) is 15.0 Å². The summed E-state index contributed by atoms with van der Waals surface area (Å²) in [6, 6.07) is 0. The molecule has 92 valence electrons. The molecule has 18 heavy (non-hydrogen) atoms. The van der Waals surface area contributed by atoms with Gasteiger partial charge in [0.15, 0.2) is 0 Å². The molecular formula is C15H17N3. The number of hydrogen-bond acceptors (Lipinski definition) is 2.